The highest BCUT2D eigenvalue weighted by atomic mass is 16.3. The summed E-state index contributed by atoms with van der Waals surface area (Å²) in [5.41, 5.74) is 0.222. The van der Waals surface area contributed by atoms with E-state index in [0.717, 1.165) is 18.5 Å². The van der Waals surface area contributed by atoms with Crippen molar-refractivity contribution in [2.45, 2.75) is 77.2 Å². The van der Waals surface area contributed by atoms with Crippen LogP contribution in [0.3, 0.4) is 0 Å². The minimum atomic E-state index is 0.222. The molecule has 0 saturated heterocycles. The molecule has 0 aromatic heterocycles. The van der Waals surface area contributed by atoms with E-state index in [0.29, 0.717) is 6.61 Å². The van der Waals surface area contributed by atoms with Crippen molar-refractivity contribution in [2.24, 2.45) is 11.3 Å². The molecule has 0 unspecified atom stereocenters. The zero-order chi connectivity index (χ0) is 12.8. The molecule has 0 spiro atoms. The first-order chi connectivity index (χ1) is 8.78. The van der Waals surface area contributed by atoms with Gasteiger partial charge in [0.15, 0.2) is 0 Å². The van der Waals surface area contributed by atoms with Crippen molar-refractivity contribution >= 4 is 0 Å². The van der Waals surface area contributed by atoms with Crippen molar-refractivity contribution < 1.29 is 5.11 Å². The van der Waals surface area contributed by atoms with Crippen LogP contribution in [0.1, 0.15) is 71.1 Å². The molecule has 2 aliphatic rings. The summed E-state index contributed by atoms with van der Waals surface area (Å²) in [7, 11) is 0. The quantitative estimate of drug-likeness (QED) is 0.759. The molecule has 2 saturated carbocycles. The summed E-state index contributed by atoms with van der Waals surface area (Å²) in [6.07, 6.45) is 13.4. The number of hydrogen-bond acceptors (Lipinski definition) is 2. The maximum atomic E-state index is 9.62. The van der Waals surface area contributed by atoms with Crippen molar-refractivity contribution in [1.82, 2.24) is 5.32 Å². The smallest absolute Gasteiger partial charge is 0.0499 e. The summed E-state index contributed by atoms with van der Waals surface area (Å²) in [5.74, 6) is 0.992. The van der Waals surface area contributed by atoms with E-state index >= 15 is 0 Å². The van der Waals surface area contributed by atoms with E-state index in [1.807, 2.05) is 0 Å². The first-order valence-corrected chi connectivity index (χ1v) is 8.12. The van der Waals surface area contributed by atoms with Crippen LogP contribution in [0.25, 0.3) is 0 Å². The van der Waals surface area contributed by atoms with Gasteiger partial charge >= 0.3 is 0 Å². The summed E-state index contributed by atoms with van der Waals surface area (Å²) in [5, 5.41) is 13.4. The lowest BCUT2D eigenvalue weighted by molar-refractivity contribution is 0.120. The van der Waals surface area contributed by atoms with E-state index in [2.05, 4.69) is 12.2 Å². The van der Waals surface area contributed by atoms with Crippen molar-refractivity contribution in [3.05, 3.63) is 0 Å². The second kappa shape index (κ2) is 6.91. The predicted octanol–water partition coefficient (Wildman–Crippen LogP) is 3.49. The van der Waals surface area contributed by atoms with Gasteiger partial charge in [0, 0.05) is 24.6 Å². The van der Waals surface area contributed by atoms with Gasteiger partial charge in [0.1, 0.15) is 0 Å². The van der Waals surface area contributed by atoms with Crippen LogP contribution in [0.15, 0.2) is 0 Å². The van der Waals surface area contributed by atoms with E-state index < -0.39 is 0 Å². The van der Waals surface area contributed by atoms with Gasteiger partial charge in [-0.3, -0.25) is 0 Å². The highest BCUT2D eigenvalue weighted by Crippen LogP contribution is 2.37. The maximum Gasteiger partial charge on any atom is 0.0499 e. The van der Waals surface area contributed by atoms with Gasteiger partial charge in [-0.15, -0.1) is 0 Å². The molecule has 2 heteroatoms. The minimum absolute atomic E-state index is 0.222. The molecule has 0 atom stereocenters. The predicted molar refractivity (Wildman–Crippen MR) is 76.6 cm³/mol. The Hall–Kier alpha value is -0.0800. The first-order valence-electron chi connectivity index (χ1n) is 8.12. The molecule has 2 rings (SSSR count). The highest BCUT2D eigenvalue weighted by molar-refractivity contribution is 4.88. The molecule has 0 aliphatic heterocycles. The fourth-order valence-electron chi connectivity index (χ4n) is 3.94. The molecule has 2 fully saturated rings. The fraction of sp³-hybridized carbons (Fsp3) is 1.00. The lowest BCUT2D eigenvalue weighted by Crippen LogP contribution is -2.42. The fourth-order valence-corrected chi connectivity index (χ4v) is 3.94. The standard InChI is InChI=1S/C16H31NO/c1-2-5-14-6-8-15(9-7-14)17-12-16(13-18)10-3-4-11-16/h14-15,17-18H,2-13H2,1H3. The number of rotatable bonds is 6. The van der Waals surface area contributed by atoms with E-state index in [9.17, 15) is 5.11 Å². The van der Waals surface area contributed by atoms with Gasteiger partial charge in [-0.2, -0.15) is 0 Å². The second-order valence-corrected chi connectivity index (χ2v) is 6.75. The largest absolute Gasteiger partial charge is 0.396 e. The van der Waals surface area contributed by atoms with Crippen LogP contribution in [-0.4, -0.2) is 24.3 Å². The Balaban J connectivity index is 1.68. The van der Waals surface area contributed by atoms with Crippen LogP contribution in [0, 0.1) is 11.3 Å². The van der Waals surface area contributed by atoms with E-state index in [1.165, 1.54) is 64.2 Å². The Bertz CT molecular complexity index is 227. The number of hydrogen-bond donors (Lipinski definition) is 2. The molecular formula is C16H31NO. The molecule has 106 valence electrons. The topological polar surface area (TPSA) is 32.3 Å². The highest BCUT2D eigenvalue weighted by Gasteiger charge is 2.33. The van der Waals surface area contributed by atoms with Crippen molar-refractivity contribution in [2.75, 3.05) is 13.2 Å². The van der Waals surface area contributed by atoms with Crippen LogP contribution in [0.5, 0.6) is 0 Å². The molecule has 0 bridgehead atoms. The number of nitrogens with one attached hydrogen (secondary N) is 1. The van der Waals surface area contributed by atoms with Gasteiger partial charge in [-0.1, -0.05) is 32.6 Å². The van der Waals surface area contributed by atoms with Crippen LogP contribution in [-0.2, 0) is 0 Å². The molecule has 0 heterocycles. The molecule has 0 aromatic rings. The van der Waals surface area contributed by atoms with Gasteiger partial charge < -0.3 is 10.4 Å². The summed E-state index contributed by atoms with van der Waals surface area (Å²) < 4.78 is 0. The average molecular weight is 253 g/mol. The average Bonchev–Trinajstić information content (AvgIpc) is 2.88. The normalized spacial score (nSPS) is 31.7. The van der Waals surface area contributed by atoms with Crippen molar-refractivity contribution in [1.29, 1.82) is 0 Å². The van der Waals surface area contributed by atoms with Gasteiger partial charge in [0.2, 0.25) is 0 Å². The Morgan fingerprint density at radius 1 is 1.11 bits per heavy atom. The Labute approximate surface area is 113 Å². The molecule has 2 N–H and O–H groups in total. The van der Waals surface area contributed by atoms with Gasteiger partial charge in [-0.05, 0) is 44.4 Å². The first kappa shape index (κ1) is 14.3. The van der Waals surface area contributed by atoms with Crippen LogP contribution < -0.4 is 5.32 Å². The van der Waals surface area contributed by atoms with Crippen molar-refractivity contribution in [3.8, 4) is 0 Å². The third-order valence-corrected chi connectivity index (χ3v) is 5.31. The molecule has 18 heavy (non-hydrogen) atoms. The van der Waals surface area contributed by atoms with Gasteiger partial charge in [0.05, 0.1) is 0 Å². The molecule has 2 nitrogen and oxygen atoms in total. The Morgan fingerprint density at radius 3 is 2.33 bits per heavy atom. The zero-order valence-corrected chi connectivity index (χ0v) is 12.1. The van der Waals surface area contributed by atoms with E-state index in [1.54, 1.807) is 0 Å². The minimum Gasteiger partial charge on any atom is -0.396 e. The van der Waals surface area contributed by atoms with Crippen molar-refractivity contribution in [3.63, 3.8) is 0 Å². The molecule has 0 aromatic carbocycles. The summed E-state index contributed by atoms with van der Waals surface area (Å²) in [6, 6.07) is 0.724. The van der Waals surface area contributed by atoms with E-state index in [4.69, 9.17) is 0 Å². The van der Waals surface area contributed by atoms with Crippen LogP contribution >= 0.6 is 0 Å². The SMILES string of the molecule is CCCC1CCC(NCC2(CO)CCCC2)CC1. The zero-order valence-electron chi connectivity index (χ0n) is 12.1. The van der Waals surface area contributed by atoms with Gasteiger partial charge in [0.25, 0.3) is 0 Å². The molecule has 2 aliphatic carbocycles. The Morgan fingerprint density at radius 2 is 1.78 bits per heavy atom. The molecular weight excluding hydrogens is 222 g/mol. The molecule has 0 amide bonds. The van der Waals surface area contributed by atoms with Crippen LogP contribution in [0.4, 0.5) is 0 Å². The molecule has 0 radical (unpaired) electrons. The second-order valence-electron chi connectivity index (χ2n) is 6.75. The summed E-state index contributed by atoms with van der Waals surface area (Å²) in [6.45, 7) is 3.73. The lowest BCUT2D eigenvalue weighted by atomic mass is 9.82. The number of aliphatic hydroxyl groups is 1. The Kier molecular flexibility index (Phi) is 5.50. The third kappa shape index (κ3) is 3.71. The maximum absolute atomic E-state index is 9.62. The lowest BCUT2D eigenvalue weighted by Gasteiger charge is -2.33. The summed E-state index contributed by atoms with van der Waals surface area (Å²) in [4.78, 5) is 0. The third-order valence-electron chi connectivity index (χ3n) is 5.31. The van der Waals surface area contributed by atoms with E-state index in [-0.39, 0.29) is 5.41 Å². The van der Waals surface area contributed by atoms with Gasteiger partial charge in [-0.25, -0.2) is 0 Å². The monoisotopic (exact) mass is 253 g/mol. The summed E-state index contributed by atoms with van der Waals surface area (Å²) >= 11 is 0. The number of aliphatic hydroxyl groups excluding tert-OH is 1. The van der Waals surface area contributed by atoms with Crippen LogP contribution in [0.2, 0.25) is 0 Å².